The molecule has 1 heterocycles. The molecule has 6 heteroatoms. The van der Waals surface area contributed by atoms with Crippen LogP contribution in [0.2, 0.25) is 18.1 Å². The first-order valence-electron chi connectivity index (χ1n) is 13.8. The Hall–Kier alpha value is -1.92. The third-order valence-electron chi connectivity index (χ3n) is 8.54. The zero-order valence-corrected chi connectivity index (χ0v) is 24.3. The molecule has 0 bridgehead atoms. The van der Waals surface area contributed by atoms with Gasteiger partial charge in [0, 0.05) is 19.1 Å². The number of carbonyl (C=O) groups excluding carboxylic acids is 2. The molecule has 1 aromatic carbocycles. The fourth-order valence-electron chi connectivity index (χ4n) is 5.22. The molecule has 1 aromatic rings. The van der Waals surface area contributed by atoms with Crippen LogP contribution in [0.1, 0.15) is 88.1 Å². The van der Waals surface area contributed by atoms with Crippen LogP contribution in [-0.4, -0.2) is 50.9 Å². The summed E-state index contributed by atoms with van der Waals surface area (Å²) < 4.78 is 11.8. The molecule has 2 fully saturated rings. The van der Waals surface area contributed by atoms with Crippen molar-refractivity contribution in [1.82, 2.24) is 4.90 Å². The summed E-state index contributed by atoms with van der Waals surface area (Å²) in [5.41, 5.74) is 1.69. The molecule has 200 valence electrons. The van der Waals surface area contributed by atoms with Crippen molar-refractivity contribution in [3.05, 3.63) is 47.5 Å². The van der Waals surface area contributed by atoms with Gasteiger partial charge >= 0.3 is 5.97 Å². The standard InChI is InChI=1S/C30H47NO4Si/c1-30(2,3)36(5,6)35-27(24-12-8-7-9-13-24)21-22-31-26(19-20-28(31)32)14-10-11-23-15-17-25(18-16-23)29(33)34-4/h10,14-18,24,26-27H,7-9,11-13,19-22H2,1-6H3. The number of ether oxygens (including phenoxy) is 1. The Morgan fingerprint density at radius 3 is 2.39 bits per heavy atom. The molecule has 1 amide bonds. The van der Waals surface area contributed by atoms with Gasteiger partial charge in [-0.3, -0.25) is 4.79 Å². The van der Waals surface area contributed by atoms with Crippen molar-refractivity contribution in [3.63, 3.8) is 0 Å². The van der Waals surface area contributed by atoms with E-state index >= 15 is 0 Å². The molecule has 2 atom stereocenters. The molecule has 1 saturated heterocycles. The van der Waals surface area contributed by atoms with Gasteiger partial charge in [0.15, 0.2) is 8.32 Å². The normalized spacial score (nSPS) is 20.8. The maximum Gasteiger partial charge on any atom is 0.337 e. The number of likely N-dealkylation sites (tertiary alicyclic amines) is 1. The smallest absolute Gasteiger partial charge is 0.337 e. The van der Waals surface area contributed by atoms with E-state index in [1.54, 1.807) is 12.1 Å². The lowest BCUT2D eigenvalue weighted by molar-refractivity contribution is -0.128. The number of benzene rings is 1. The average molecular weight is 514 g/mol. The van der Waals surface area contributed by atoms with E-state index in [0.29, 0.717) is 17.9 Å². The molecule has 5 nitrogen and oxygen atoms in total. The summed E-state index contributed by atoms with van der Waals surface area (Å²) in [6.45, 7) is 12.4. The summed E-state index contributed by atoms with van der Waals surface area (Å²) >= 11 is 0. The Labute approximate surface area is 219 Å². The van der Waals surface area contributed by atoms with Crippen LogP contribution in [-0.2, 0) is 20.4 Å². The lowest BCUT2D eigenvalue weighted by atomic mass is 9.84. The van der Waals surface area contributed by atoms with E-state index in [0.717, 1.165) is 31.4 Å². The summed E-state index contributed by atoms with van der Waals surface area (Å²) in [6.07, 6.45) is 14.3. The first kappa shape index (κ1) is 28.6. The molecule has 3 rings (SSSR count). The number of rotatable bonds is 10. The topological polar surface area (TPSA) is 55.8 Å². The molecule has 1 aliphatic carbocycles. The number of hydrogen-bond donors (Lipinski definition) is 0. The van der Waals surface area contributed by atoms with Crippen molar-refractivity contribution >= 4 is 20.2 Å². The van der Waals surface area contributed by atoms with Crippen molar-refractivity contribution < 1.29 is 18.8 Å². The molecule has 36 heavy (non-hydrogen) atoms. The van der Waals surface area contributed by atoms with Crippen molar-refractivity contribution in [2.75, 3.05) is 13.7 Å². The summed E-state index contributed by atoms with van der Waals surface area (Å²) in [6, 6.07) is 7.68. The molecule has 0 radical (unpaired) electrons. The number of allylic oxidation sites excluding steroid dienone is 1. The Morgan fingerprint density at radius 1 is 1.11 bits per heavy atom. The lowest BCUT2D eigenvalue weighted by Gasteiger charge is -2.43. The van der Waals surface area contributed by atoms with Gasteiger partial charge in [-0.25, -0.2) is 4.79 Å². The van der Waals surface area contributed by atoms with Crippen LogP contribution in [0.25, 0.3) is 0 Å². The number of carbonyl (C=O) groups is 2. The monoisotopic (exact) mass is 513 g/mol. The van der Waals surface area contributed by atoms with E-state index in [2.05, 4.69) is 50.9 Å². The highest BCUT2D eigenvalue weighted by molar-refractivity contribution is 6.74. The van der Waals surface area contributed by atoms with E-state index in [1.165, 1.54) is 39.2 Å². The Bertz CT molecular complexity index is 897. The summed E-state index contributed by atoms with van der Waals surface area (Å²) in [5, 5.41) is 0.184. The molecule has 1 saturated carbocycles. The zero-order chi connectivity index (χ0) is 26.3. The average Bonchev–Trinajstić information content (AvgIpc) is 3.20. The minimum atomic E-state index is -1.88. The first-order chi connectivity index (χ1) is 17.0. The fourth-order valence-corrected chi connectivity index (χ4v) is 6.64. The van der Waals surface area contributed by atoms with Crippen molar-refractivity contribution in [3.8, 4) is 0 Å². The Kier molecular flexibility index (Phi) is 9.99. The number of esters is 1. The van der Waals surface area contributed by atoms with Crippen LogP contribution < -0.4 is 0 Å². The van der Waals surface area contributed by atoms with Gasteiger partial charge in [-0.1, -0.05) is 64.3 Å². The quantitative estimate of drug-likeness (QED) is 0.193. The van der Waals surface area contributed by atoms with Gasteiger partial charge in [0.1, 0.15) is 0 Å². The largest absolute Gasteiger partial charge is 0.465 e. The van der Waals surface area contributed by atoms with Gasteiger partial charge in [-0.15, -0.1) is 0 Å². The summed E-state index contributed by atoms with van der Waals surface area (Å²) in [7, 11) is -0.488. The summed E-state index contributed by atoms with van der Waals surface area (Å²) in [4.78, 5) is 26.5. The number of methoxy groups -OCH3 is 1. The predicted octanol–water partition coefficient (Wildman–Crippen LogP) is 6.92. The van der Waals surface area contributed by atoms with E-state index in [4.69, 9.17) is 9.16 Å². The third-order valence-corrected chi connectivity index (χ3v) is 13.0. The van der Waals surface area contributed by atoms with Gasteiger partial charge < -0.3 is 14.1 Å². The Morgan fingerprint density at radius 2 is 1.78 bits per heavy atom. The molecule has 1 aliphatic heterocycles. The van der Waals surface area contributed by atoms with E-state index in [9.17, 15) is 9.59 Å². The fraction of sp³-hybridized carbons (Fsp3) is 0.667. The molecule has 2 aliphatic rings. The minimum Gasteiger partial charge on any atom is -0.465 e. The van der Waals surface area contributed by atoms with E-state index in [1.807, 2.05) is 12.1 Å². The number of amides is 1. The van der Waals surface area contributed by atoms with Crippen molar-refractivity contribution in [1.29, 1.82) is 0 Å². The van der Waals surface area contributed by atoms with E-state index in [-0.39, 0.29) is 29.1 Å². The van der Waals surface area contributed by atoms with Crippen LogP contribution in [0.4, 0.5) is 0 Å². The molecule has 0 aromatic heterocycles. The predicted molar refractivity (Wildman–Crippen MR) is 149 cm³/mol. The van der Waals surface area contributed by atoms with Crippen molar-refractivity contribution in [2.45, 2.75) is 109 Å². The maximum absolute atomic E-state index is 12.8. The molecule has 2 unspecified atom stereocenters. The SMILES string of the molecule is COC(=O)c1ccc(CC=CC2CCC(=O)N2CCC(O[Si](C)(C)C(C)(C)C)C2CCCCC2)cc1. The lowest BCUT2D eigenvalue weighted by Crippen LogP contribution is -2.47. The minimum absolute atomic E-state index is 0.159. The van der Waals surface area contributed by atoms with Crippen LogP contribution in [0.3, 0.4) is 0 Å². The molecule has 0 N–H and O–H groups in total. The second-order valence-electron chi connectivity index (χ2n) is 12.1. The first-order valence-corrected chi connectivity index (χ1v) is 16.7. The highest BCUT2D eigenvalue weighted by atomic mass is 28.4. The second kappa shape index (κ2) is 12.5. The third kappa shape index (κ3) is 7.55. The van der Waals surface area contributed by atoms with Crippen LogP contribution in [0.5, 0.6) is 0 Å². The number of nitrogens with zero attached hydrogens (tertiary/aromatic N) is 1. The van der Waals surface area contributed by atoms with Gasteiger partial charge in [0.05, 0.1) is 18.7 Å². The highest BCUT2D eigenvalue weighted by Gasteiger charge is 2.41. The van der Waals surface area contributed by atoms with Crippen molar-refractivity contribution in [2.24, 2.45) is 5.92 Å². The molecule has 0 spiro atoms. The van der Waals surface area contributed by atoms with Crippen LogP contribution in [0.15, 0.2) is 36.4 Å². The van der Waals surface area contributed by atoms with Gasteiger partial charge in [-0.05, 0) is 73.9 Å². The molecular formula is C30H47NO4Si. The van der Waals surface area contributed by atoms with E-state index < -0.39 is 8.32 Å². The molecular weight excluding hydrogens is 466 g/mol. The Balaban J connectivity index is 1.62. The zero-order valence-electron chi connectivity index (χ0n) is 23.3. The number of hydrogen-bond acceptors (Lipinski definition) is 4. The van der Waals surface area contributed by atoms with Gasteiger partial charge in [-0.2, -0.15) is 0 Å². The van der Waals surface area contributed by atoms with Crippen LogP contribution in [0, 0.1) is 5.92 Å². The van der Waals surface area contributed by atoms with Gasteiger partial charge in [0.25, 0.3) is 0 Å². The second-order valence-corrected chi connectivity index (χ2v) is 16.9. The summed E-state index contributed by atoms with van der Waals surface area (Å²) in [5.74, 6) is 0.565. The van der Waals surface area contributed by atoms with Crippen LogP contribution >= 0.6 is 0 Å². The van der Waals surface area contributed by atoms with Gasteiger partial charge in [0.2, 0.25) is 5.91 Å². The highest BCUT2D eigenvalue weighted by Crippen LogP contribution is 2.40. The maximum atomic E-state index is 12.8.